The van der Waals surface area contributed by atoms with Gasteiger partial charge in [0.2, 0.25) is 0 Å². The van der Waals surface area contributed by atoms with Crippen LogP contribution in [0.3, 0.4) is 0 Å². The summed E-state index contributed by atoms with van der Waals surface area (Å²) in [4.78, 5) is 0. The highest BCUT2D eigenvalue weighted by molar-refractivity contribution is 4.71. The summed E-state index contributed by atoms with van der Waals surface area (Å²) in [6.45, 7) is 7.23. The molecule has 0 nitrogen and oxygen atoms in total. The maximum Gasteiger partial charge on any atom is -0.0386 e. The van der Waals surface area contributed by atoms with E-state index >= 15 is 0 Å². The van der Waals surface area contributed by atoms with E-state index in [0.29, 0.717) is 0 Å². The van der Waals surface area contributed by atoms with E-state index in [-0.39, 0.29) is 0 Å². The van der Waals surface area contributed by atoms with Gasteiger partial charge in [0.25, 0.3) is 0 Å². The Morgan fingerprint density at radius 2 is 1.85 bits per heavy atom. The summed E-state index contributed by atoms with van der Waals surface area (Å²) in [7, 11) is 0. The fourth-order valence-electron chi connectivity index (χ4n) is 2.68. The van der Waals surface area contributed by atoms with Crippen molar-refractivity contribution in [2.45, 2.75) is 65.7 Å². The van der Waals surface area contributed by atoms with Crippen molar-refractivity contribution in [1.29, 1.82) is 0 Å². The topological polar surface area (TPSA) is 0 Å². The average Bonchev–Trinajstić information content (AvgIpc) is 2.10. The molecule has 1 rings (SSSR count). The maximum absolute atomic E-state index is 2.45. The van der Waals surface area contributed by atoms with Gasteiger partial charge in [-0.3, -0.25) is 0 Å². The normalized spacial score (nSPS) is 33.5. The molecule has 78 valence electrons. The zero-order valence-corrected chi connectivity index (χ0v) is 9.68. The Hall–Kier alpha value is 0. The molecule has 0 aromatic heterocycles. The molecule has 0 N–H and O–H groups in total. The number of hydrogen-bond donors (Lipinski definition) is 0. The molecule has 0 heteroatoms. The van der Waals surface area contributed by atoms with Gasteiger partial charge in [0.15, 0.2) is 0 Å². The minimum atomic E-state index is 0.959. The summed E-state index contributed by atoms with van der Waals surface area (Å²) in [5.41, 5.74) is 0. The molecule has 0 heterocycles. The predicted octanol–water partition coefficient (Wildman–Crippen LogP) is 4.64. The third-order valence-corrected chi connectivity index (χ3v) is 3.93. The Morgan fingerprint density at radius 1 is 1.15 bits per heavy atom. The summed E-state index contributed by atoms with van der Waals surface area (Å²) < 4.78 is 0. The van der Waals surface area contributed by atoms with Gasteiger partial charge in [0, 0.05) is 0 Å². The second-order valence-corrected chi connectivity index (χ2v) is 5.12. The smallest absolute Gasteiger partial charge is 0.0386 e. The Balaban J connectivity index is 2.40. The van der Waals surface area contributed by atoms with Crippen LogP contribution >= 0.6 is 0 Å². The quantitative estimate of drug-likeness (QED) is 0.583. The second kappa shape index (κ2) is 5.67. The Labute approximate surface area is 84.1 Å². The van der Waals surface area contributed by atoms with E-state index in [1.54, 1.807) is 0 Å². The van der Waals surface area contributed by atoms with Crippen LogP contribution in [0, 0.1) is 17.8 Å². The van der Waals surface area contributed by atoms with E-state index in [4.69, 9.17) is 0 Å². The lowest BCUT2D eigenvalue weighted by atomic mass is 9.78. The minimum absolute atomic E-state index is 0.959. The van der Waals surface area contributed by atoms with E-state index in [1.807, 2.05) is 0 Å². The first-order valence-corrected chi connectivity index (χ1v) is 6.24. The molecule has 0 saturated heterocycles. The largest absolute Gasteiger partial charge is 0.0651 e. The van der Waals surface area contributed by atoms with Gasteiger partial charge < -0.3 is 0 Å². The second-order valence-electron chi connectivity index (χ2n) is 5.12. The lowest BCUT2D eigenvalue weighted by Gasteiger charge is -2.28. The van der Waals surface area contributed by atoms with Gasteiger partial charge in [-0.05, 0) is 24.2 Å². The van der Waals surface area contributed by atoms with Gasteiger partial charge in [0.1, 0.15) is 0 Å². The van der Waals surface area contributed by atoms with Crippen molar-refractivity contribution < 1.29 is 0 Å². The minimum Gasteiger partial charge on any atom is -0.0651 e. The van der Waals surface area contributed by atoms with Crippen LogP contribution < -0.4 is 0 Å². The molecule has 0 aliphatic heterocycles. The first-order chi connectivity index (χ1) is 6.24. The molecule has 3 unspecified atom stereocenters. The van der Waals surface area contributed by atoms with Crippen LogP contribution in [0.5, 0.6) is 0 Å². The maximum atomic E-state index is 2.45. The van der Waals surface area contributed by atoms with Crippen molar-refractivity contribution >= 4 is 0 Å². The summed E-state index contributed by atoms with van der Waals surface area (Å²) >= 11 is 0. The van der Waals surface area contributed by atoms with Crippen LogP contribution in [0.1, 0.15) is 65.7 Å². The van der Waals surface area contributed by atoms with E-state index < -0.39 is 0 Å². The Kier molecular flexibility index (Phi) is 4.83. The number of rotatable bonds is 2. The summed E-state index contributed by atoms with van der Waals surface area (Å²) in [5, 5.41) is 0. The molecule has 0 amide bonds. The van der Waals surface area contributed by atoms with E-state index in [2.05, 4.69) is 20.8 Å². The van der Waals surface area contributed by atoms with Crippen molar-refractivity contribution in [2.24, 2.45) is 17.8 Å². The van der Waals surface area contributed by atoms with Crippen LogP contribution in [-0.4, -0.2) is 0 Å². The monoisotopic (exact) mass is 182 g/mol. The van der Waals surface area contributed by atoms with Crippen LogP contribution in [0.25, 0.3) is 0 Å². The Bertz CT molecular complexity index is 128. The lowest BCUT2D eigenvalue weighted by Crippen LogP contribution is -2.16. The molecule has 1 fully saturated rings. The van der Waals surface area contributed by atoms with Gasteiger partial charge in [-0.25, -0.2) is 0 Å². The molecule has 0 aromatic rings. The Morgan fingerprint density at radius 3 is 2.54 bits per heavy atom. The first-order valence-electron chi connectivity index (χ1n) is 6.24. The molecule has 0 spiro atoms. The molecule has 1 aliphatic carbocycles. The van der Waals surface area contributed by atoms with E-state index in [1.165, 1.54) is 44.9 Å². The first kappa shape index (κ1) is 11.1. The predicted molar refractivity (Wildman–Crippen MR) is 59.8 cm³/mol. The third-order valence-electron chi connectivity index (χ3n) is 3.93. The van der Waals surface area contributed by atoms with Crippen LogP contribution in [0.2, 0.25) is 0 Å². The molecule has 0 aromatic carbocycles. The van der Waals surface area contributed by atoms with Crippen molar-refractivity contribution in [2.75, 3.05) is 0 Å². The van der Waals surface area contributed by atoms with Crippen LogP contribution in [0.15, 0.2) is 0 Å². The van der Waals surface area contributed by atoms with Gasteiger partial charge in [-0.1, -0.05) is 59.3 Å². The molecule has 0 radical (unpaired) electrons. The van der Waals surface area contributed by atoms with Crippen LogP contribution in [-0.2, 0) is 0 Å². The van der Waals surface area contributed by atoms with E-state index in [9.17, 15) is 0 Å². The third kappa shape index (κ3) is 3.70. The molecule has 1 saturated carbocycles. The fourth-order valence-corrected chi connectivity index (χ4v) is 2.68. The molecule has 13 heavy (non-hydrogen) atoms. The van der Waals surface area contributed by atoms with Gasteiger partial charge >= 0.3 is 0 Å². The molecule has 3 atom stereocenters. The molecule has 1 aliphatic rings. The number of hydrogen-bond acceptors (Lipinski definition) is 0. The summed E-state index contributed by atoms with van der Waals surface area (Å²) in [6, 6.07) is 0. The van der Waals surface area contributed by atoms with E-state index in [0.717, 1.165) is 17.8 Å². The van der Waals surface area contributed by atoms with Gasteiger partial charge in [-0.2, -0.15) is 0 Å². The van der Waals surface area contributed by atoms with Gasteiger partial charge in [0.05, 0.1) is 0 Å². The highest BCUT2D eigenvalue weighted by atomic mass is 14.3. The van der Waals surface area contributed by atoms with Crippen molar-refractivity contribution in [3.8, 4) is 0 Å². The van der Waals surface area contributed by atoms with Crippen molar-refractivity contribution in [3.63, 3.8) is 0 Å². The highest BCUT2D eigenvalue weighted by Gasteiger charge is 2.19. The highest BCUT2D eigenvalue weighted by Crippen LogP contribution is 2.32. The molecule has 0 bridgehead atoms. The summed E-state index contributed by atoms with van der Waals surface area (Å²) in [6.07, 6.45) is 10.3. The van der Waals surface area contributed by atoms with Crippen molar-refractivity contribution in [1.82, 2.24) is 0 Å². The SMILES string of the molecule is CCC(C)C1CCCCCC(C)C1. The zero-order valence-electron chi connectivity index (χ0n) is 9.68. The van der Waals surface area contributed by atoms with Crippen LogP contribution in [0.4, 0.5) is 0 Å². The lowest BCUT2D eigenvalue weighted by molar-refractivity contribution is 0.236. The molecular formula is C13H26. The summed E-state index contributed by atoms with van der Waals surface area (Å²) in [5.74, 6) is 2.97. The molecular weight excluding hydrogens is 156 g/mol. The zero-order chi connectivity index (χ0) is 9.68. The van der Waals surface area contributed by atoms with Gasteiger partial charge in [-0.15, -0.1) is 0 Å². The fraction of sp³-hybridized carbons (Fsp3) is 1.00. The standard InChI is InChI=1S/C13H26/c1-4-12(3)13-9-7-5-6-8-11(2)10-13/h11-13H,4-10H2,1-3H3. The average molecular weight is 182 g/mol. The van der Waals surface area contributed by atoms with Crippen molar-refractivity contribution in [3.05, 3.63) is 0 Å².